The van der Waals surface area contributed by atoms with E-state index < -0.39 is 18.1 Å². The molecule has 2 atom stereocenters. The highest BCUT2D eigenvalue weighted by Crippen LogP contribution is 2.20. The van der Waals surface area contributed by atoms with E-state index in [-0.39, 0.29) is 18.9 Å². The monoisotopic (exact) mass is 229 g/mol. The van der Waals surface area contributed by atoms with Gasteiger partial charge in [-0.05, 0) is 12.3 Å². The molecule has 2 N–H and O–H groups in total. The number of amides is 1. The Morgan fingerprint density at radius 1 is 1.44 bits per heavy atom. The first-order valence-corrected chi connectivity index (χ1v) is 5.62. The van der Waals surface area contributed by atoms with E-state index in [1.54, 1.807) is 0 Å². The quantitative estimate of drug-likeness (QED) is 0.734. The van der Waals surface area contributed by atoms with Gasteiger partial charge in [-0.15, -0.1) is 0 Å². The zero-order valence-corrected chi connectivity index (χ0v) is 9.72. The second-order valence-corrected chi connectivity index (χ2v) is 4.72. The fraction of sp³-hybridized carbons (Fsp3) is 0.818. The van der Waals surface area contributed by atoms with Crippen LogP contribution in [0.4, 0.5) is 0 Å². The normalized spacial score (nSPS) is 25.1. The molecule has 0 aliphatic carbocycles. The molecule has 1 rings (SSSR count). The average Bonchev–Trinajstić information content (AvgIpc) is 2.56. The van der Waals surface area contributed by atoms with Crippen molar-refractivity contribution in [2.45, 2.75) is 45.3 Å². The van der Waals surface area contributed by atoms with Gasteiger partial charge in [0.15, 0.2) is 0 Å². The lowest BCUT2D eigenvalue weighted by molar-refractivity contribution is -0.148. The summed E-state index contributed by atoms with van der Waals surface area (Å²) in [6.07, 6.45) is 0.540. The number of carboxylic acids is 1. The van der Waals surface area contributed by atoms with Gasteiger partial charge in [0.2, 0.25) is 5.91 Å². The number of hydrogen-bond acceptors (Lipinski definition) is 3. The number of aliphatic carboxylic acids is 1. The van der Waals surface area contributed by atoms with Crippen molar-refractivity contribution in [3.63, 3.8) is 0 Å². The molecule has 2 unspecified atom stereocenters. The lowest BCUT2D eigenvalue weighted by atomic mass is 10.1. The van der Waals surface area contributed by atoms with Crippen molar-refractivity contribution >= 4 is 11.9 Å². The summed E-state index contributed by atoms with van der Waals surface area (Å²) in [5, 5.41) is 18.3. The number of nitrogens with zero attached hydrogens (tertiary/aromatic N) is 1. The van der Waals surface area contributed by atoms with Gasteiger partial charge in [0.05, 0.1) is 6.10 Å². The van der Waals surface area contributed by atoms with E-state index in [1.807, 2.05) is 13.8 Å². The van der Waals surface area contributed by atoms with E-state index in [0.717, 1.165) is 6.42 Å². The van der Waals surface area contributed by atoms with Gasteiger partial charge < -0.3 is 15.1 Å². The standard InChI is InChI=1S/C11H19NO4/c1-7(2)3-4-10(14)12-6-8(13)5-9(12)11(15)16/h7-9,13H,3-6H2,1-2H3,(H,15,16). The number of carboxylic acid groups (broad SMARTS) is 1. The fourth-order valence-electron chi connectivity index (χ4n) is 1.88. The van der Waals surface area contributed by atoms with E-state index in [2.05, 4.69) is 0 Å². The smallest absolute Gasteiger partial charge is 0.326 e. The Bertz CT molecular complexity index is 277. The van der Waals surface area contributed by atoms with Gasteiger partial charge >= 0.3 is 5.97 Å². The van der Waals surface area contributed by atoms with Crippen LogP contribution in [-0.4, -0.2) is 45.7 Å². The van der Waals surface area contributed by atoms with Crippen molar-refractivity contribution in [2.24, 2.45) is 5.92 Å². The van der Waals surface area contributed by atoms with Gasteiger partial charge in [-0.3, -0.25) is 4.79 Å². The number of aliphatic hydroxyl groups excluding tert-OH is 1. The Kier molecular flexibility index (Phi) is 4.29. The molecule has 0 aromatic heterocycles. The van der Waals surface area contributed by atoms with Crippen LogP contribution in [0, 0.1) is 5.92 Å². The number of carbonyl (C=O) groups excluding carboxylic acids is 1. The highest BCUT2D eigenvalue weighted by atomic mass is 16.4. The molecule has 1 saturated heterocycles. The highest BCUT2D eigenvalue weighted by Gasteiger charge is 2.38. The van der Waals surface area contributed by atoms with E-state index in [4.69, 9.17) is 5.11 Å². The molecule has 1 aliphatic heterocycles. The molecule has 92 valence electrons. The Balaban J connectivity index is 2.56. The van der Waals surface area contributed by atoms with Gasteiger partial charge in [-0.2, -0.15) is 0 Å². The highest BCUT2D eigenvalue weighted by molar-refractivity contribution is 5.84. The molecule has 0 aromatic carbocycles. The van der Waals surface area contributed by atoms with E-state index in [0.29, 0.717) is 12.3 Å². The summed E-state index contributed by atoms with van der Waals surface area (Å²) in [5.41, 5.74) is 0. The molecule has 16 heavy (non-hydrogen) atoms. The summed E-state index contributed by atoms with van der Waals surface area (Å²) in [5.74, 6) is -0.785. The van der Waals surface area contributed by atoms with Crippen molar-refractivity contribution in [3.8, 4) is 0 Å². The van der Waals surface area contributed by atoms with Crippen LogP contribution < -0.4 is 0 Å². The van der Waals surface area contributed by atoms with Crippen LogP contribution in [0.25, 0.3) is 0 Å². The number of β-amino-alcohol motifs (C(OH)–C–C–N with tert-alkyl or cyclic N) is 1. The van der Waals surface area contributed by atoms with Crippen molar-refractivity contribution in [1.29, 1.82) is 0 Å². The molecule has 1 fully saturated rings. The van der Waals surface area contributed by atoms with Crippen molar-refractivity contribution in [2.75, 3.05) is 6.54 Å². The van der Waals surface area contributed by atoms with Crippen LogP contribution in [-0.2, 0) is 9.59 Å². The number of carbonyl (C=O) groups is 2. The summed E-state index contributed by atoms with van der Waals surface area (Å²) < 4.78 is 0. The molecule has 1 aliphatic rings. The molecule has 0 spiro atoms. The minimum absolute atomic E-state index is 0.142. The van der Waals surface area contributed by atoms with Crippen molar-refractivity contribution in [3.05, 3.63) is 0 Å². The Morgan fingerprint density at radius 2 is 2.06 bits per heavy atom. The van der Waals surface area contributed by atoms with Gasteiger partial charge in [-0.25, -0.2) is 4.79 Å². The Morgan fingerprint density at radius 3 is 2.56 bits per heavy atom. The van der Waals surface area contributed by atoms with Gasteiger partial charge in [0.25, 0.3) is 0 Å². The maximum atomic E-state index is 11.8. The third kappa shape index (κ3) is 3.20. The zero-order chi connectivity index (χ0) is 12.3. The van der Waals surface area contributed by atoms with E-state index >= 15 is 0 Å². The van der Waals surface area contributed by atoms with Crippen LogP contribution in [0.5, 0.6) is 0 Å². The molecule has 0 saturated carbocycles. The second-order valence-electron chi connectivity index (χ2n) is 4.72. The number of aliphatic hydroxyl groups is 1. The summed E-state index contributed by atoms with van der Waals surface area (Å²) in [4.78, 5) is 23.9. The van der Waals surface area contributed by atoms with Gasteiger partial charge in [0, 0.05) is 19.4 Å². The number of likely N-dealkylation sites (tertiary alicyclic amines) is 1. The van der Waals surface area contributed by atoms with Gasteiger partial charge in [-0.1, -0.05) is 13.8 Å². The molecule has 0 bridgehead atoms. The molecule has 1 heterocycles. The van der Waals surface area contributed by atoms with Crippen molar-refractivity contribution in [1.82, 2.24) is 4.90 Å². The molecular formula is C11H19NO4. The van der Waals surface area contributed by atoms with E-state index in [1.165, 1.54) is 4.90 Å². The second kappa shape index (κ2) is 5.30. The minimum Gasteiger partial charge on any atom is -0.480 e. The summed E-state index contributed by atoms with van der Waals surface area (Å²) in [7, 11) is 0. The average molecular weight is 229 g/mol. The van der Waals surface area contributed by atoms with Crippen LogP contribution >= 0.6 is 0 Å². The summed E-state index contributed by atoms with van der Waals surface area (Å²) in [6.45, 7) is 4.18. The molecule has 0 aromatic rings. The molecular weight excluding hydrogens is 210 g/mol. The predicted octanol–water partition coefficient (Wildman–Crippen LogP) is 0.469. The first kappa shape index (κ1) is 13.0. The number of rotatable bonds is 4. The fourth-order valence-corrected chi connectivity index (χ4v) is 1.88. The SMILES string of the molecule is CC(C)CCC(=O)N1CC(O)CC1C(=O)O. The Labute approximate surface area is 95.1 Å². The Hall–Kier alpha value is -1.10. The van der Waals surface area contributed by atoms with Crippen LogP contribution in [0.3, 0.4) is 0 Å². The summed E-state index contributed by atoms with van der Waals surface area (Å²) in [6, 6.07) is -0.852. The molecule has 5 heteroatoms. The predicted molar refractivity (Wildman–Crippen MR) is 57.8 cm³/mol. The van der Waals surface area contributed by atoms with Gasteiger partial charge in [0.1, 0.15) is 6.04 Å². The largest absolute Gasteiger partial charge is 0.480 e. The lowest BCUT2D eigenvalue weighted by Gasteiger charge is -2.21. The van der Waals surface area contributed by atoms with Crippen molar-refractivity contribution < 1.29 is 19.8 Å². The molecule has 0 radical (unpaired) electrons. The lowest BCUT2D eigenvalue weighted by Crippen LogP contribution is -2.40. The van der Waals surface area contributed by atoms with E-state index in [9.17, 15) is 14.7 Å². The third-order valence-corrected chi connectivity index (χ3v) is 2.82. The minimum atomic E-state index is -1.03. The first-order valence-electron chi connectivity index (χ1n) is 5.62. The topological polar surface area (TPSA) is 77.8 Å². The molecule has 5 nitrogen and oxygen atoms in total. The zero-order valence-electron chi connectivity index (χ0n) is 9.72. The summed E-state index contributed by atoms with van der Waals surface area (Å²) >= 11 is 0. The molecule has 1 amide bonds. The maximum absolute atomic E-state index is 11.8. The number of hydrogen-bond donors (Lipinski definition) is 2. The maximum Gasteiger partial charge on any atom is 0.326 e. The van der Waals surface area contributed by atoms with Crippen LogP contribution in [0.1, 0.15) is 33.1 Å². The first-order chi connectivity index (χ1) is 7.41. The third-order valence-electron chi connectivity index (χ3n) is 2.82. The van der Waals surface area contributed by atoms with Crippen LogP contribution in [0.15, 0.2) is 0 Å². The van der Waals surface area contributed by atoms with Crippen LogP contribution in [0.2, 0.25) is 0 Å².